The average Bonchev–Trinajstić information content (AvgIpc) is 3.19. The van der Waals surface area contributed by atoms with Crippen LogP contribution in [-0.2, 0) is 26.1 Å². The molecule has 9 heteroatoms. The SMILES string of the molecule is O=C(CCc1ccc(N2CCCS2(=O)=O)cc1)ON1C(=O)c2ccccc2C1=O. The highest BCUT2D eigenvalue weighted by atomic mass is 32.2. The van der Waals surface area contributed by atoms with Crippen LogP contribution in [0.3, 0.4) is 0 Å². The number of aryl methyl sites for hydroxylation is 1. The molecule has 0 N–H and O–H groups in total. The van der Waals surface area contributed by atoms with Crippen LogP contribution in [0.1, 0.15) is 39.1 Å². The maximum Gasteiger partial charge on any atom is 0.333 e. The molecule has 2 amide bonds. The molecule has 8 nitrogen and oxygen atoms in total. The Kier molecular flexibility index (Phi) is 4.83. The van der Waals surface area contributed by atoms with E-state index >= 15 is 0 Å². The number of rotatable bonds is 5. The number of nitrogens with zero attached hydrogens (tertiary/aromatic N) is 2. The van der Waals surface area contributed by atoms with Crippen LogP contribution in [0.15, 0.2) is 48.5 Å². The summed E-state index contributed by atoms with van der Waals surface area (Å²) < 4.78 is 25.3. The second-order valence-corrected chi connectivity index (χ2v) is 8.83. The monoisotopic (exact) mass is 414 g/mol. The Morgan fingerprint density at radius 1 is 0.966 bits per heavy atom. The predicted octanol–water partition coefficient (Wildman–Crippen LogP) is 1.91. The van der Waals surface area contributed by atoms with Crippen LogP contribution >= 0.6 is 0 Å². The summed E-state index contributed by atoms with van der Waals surface area (Å²) in [7, 11) is -3.24. The number of amides is 2. The first kappa shape index (κ1) is 19.1. The van der Waals surface area contributed by atoms with Gasteiger partial charge in [-0.15, -0.1) is 0 Å². The van der Waals surface area contributed by atoms with E-state index in [1.54, 1.807) is 36.4 Å². The van der Waals surface area contributed by atoms with E-state index in [0.29, 0.717) is 30.1 Å². The summed E-state index contributed by atoms with van der Waals surface area (Å²) in [6.07, 6.45) is 0.900. The quantitative estimate of drug-likeness (QED) is 0.693. The van der Waals surface area contributed by atoms with Crippen molar-refractivity contribution in [1.82, 2.24) is 5.06 Å². The lowest BCUT2D eigenvalue weighted by atomic mass is 10.1. The van der Waals surface area contributed by atoms with Gasteiger partial charge in [0.2, 0.25) is 10.0 Å². The molecule has 2 aliphatic heterocycles. The normalized spacial score (nSPS) is 17.5. The molecule has 4 rings (SSSR count). The Hall–Kier alpha value is -3.20. The number of carbonyl (C=O) groups excluding carboxylic acids is 3. The lowest BCUT2D eigenvalue weighted by Crippen LogP contribution is -2.32. The molecule has 0 spiro atoms. The fraction of sp³-hybridized carbons (Fsp3) is 0.250. The number of anilines is 1. The summed E-state index contributed by atoms with van der Waals surface area (Å²) in [6.45, 7) is 0.467. The number of sulfonamides is 1. The molecule has 150 valence electrons. The van der Waals surface area contributed by atoms with Crippen molar-refractivity contribution in [2.75, 3.05) is 16.6 Å². The van der Waals surface area contributed by atoms with Gasteiger partial charge in [-0.3, -0.25) is 13.9 Å². The smallest absolute Gasteiger partial charge is 0.330 e. The highest BCUT2D eigenvalue weighted by Gasteiger charge is 2.38. The number of benzene rings is 2. The van der Waals surface area contributed by atoms with E-state index in [4.69, 9.17) is 4.84 Å². The second kappa shape index (κ2) is 7.32. The Bertz CT molecular complexity index is 1060. The van der Waals surface area contributed by atoms with Gasteiger partial charge in [-0.2, -0.15) is 0 Å². The Balaban J connectivity index is 1.35. The van der Waals surface area contributed by atoms with E-state index in [9.17, 15) is 22.8 Å². The zero-order valence-electron chi connectivity index (χ0n) is 15.4. The average molecular weight is 414 g/mol. The predicted molar refractivity (Wildman–Crippen MR) is 104 cm³/mol. The number of hydroxylamine groups is 2. The van der Waals surface area contributed by atoms with Gasteiger partial charge in [-0.25, -0.2) is 13.2 Å². The van der Waals surface area contributed by atoms with E-state index in [1.165, 1.54) is 16.4 Å². The van der Waals surface area contributed by atoms with Crippen molar-refractivity contribution in [3.63, 3.8) is 0 Å². The standard InChI is InChI=1S/C20H18N2O6S/c23-18(28-22-19(24)16-4-1-2-5-17(16)20(22)25)11-8-14-6-9-15(10-7-14)21-12-3-13-29(21,26)27/h1-2,4-7,9-10H,3,8,11-13H2. The number of imide groups is 1. The highest BCUT2D eigenvalue weighted by molar-refractivity contribution is 7.93. The molecule has 0 bridgehead atoms. The molecular weight excluding hydrogens is 396 g/mol. The third-order valence-electron chi connectivity index (χ3n) is 4.89. The zero-order chi connectivity index (χ0) is 20.6. The largest absolute Gasteiger partial charge is 0.333 e. The lowest BCUT2D eigenvalue weighted by molar-refractivity contribution is -0.168. The molecule has 2 heterocycles. The second-order valence-electron chi connectivity index (χ2n) is 6.82. The highest BCUT2D eigenvalue weighted by Crippen LogP contribution is 2.25. The molecule has 2 aromatic rings. The van der Waals surface area contributed by atoms with Crippen LogP contribution in [0, 0.1) is 0 Å². The Labute approximate surface area is 167 Å². The van der Waals surface area contributed by atoms with Gasteiger partial charge in [0.1, 0.15) is 0 Å². The summed E-state index contributed by atoms with van der Waals surface area (Å²) in [4.78, 5) is 41.5. The molecule has 0 aliphatic carbocycles. The summed E-state index contributed by atoms with van der Waals surface area (Å²) in [5, 5.41) is 0.494. The summed E-state index contributed by atoms with van der Waals surface area (Å²) in [5.41, 5.74) is 1.82. The minimum atomic E-state index is -3.24. The molecule has 0 atom stereocenters. The fourth-order valence-electron chi connectivity index (χ4n) is 3.40. The van der Waals surface area contributed by atoms with E-state index in [0.717, 1.165) is 5.56 Å². The van der Waals surface area contributed by atoms with Gasteiger partial charge in [-0.05, 0) is 42.7 Å². The maximum absolute atomic E-state index is 12.2. The van der Waals surface area contributed by atoms with Crippen molar-refractivity contribution in [1.29, 1.82) is 0 Å². The maximum atomic E-state index is 12.2. The van der Waals surface area contributed by atoms with Crippen molar-refractivity contribution in [3.05, 3.63) is 65.2 Å². The van der Waals surface area contributed by atoms with Crippen molar-refractivity contribution >= 4 is 33.5 Å². The van der Waals surface area contributed by atoms with Gasteiger partial charge in [0.25, 0.3) is 11.8 Å². The first-order valence-electron chi connectivity index (χ1n) is 9.15. The van der Waals surface area contributed by atoms with E-state index < -0.39 is 27.8 Å². The van der Waals surface area contributed by atoms with E-state index in [-0.39, 0.29) is 23.3 Å². The Morgan fingerprint density at radius 2 is 1.59 bits per heavy atom. The summed E-state index contributed by atoms with van der Waals surface area (Å²) in [6, 6.07) is 13.2. The van der Waals surface area contributed by atoms with Gasteiger partial charge in [0.15, 0.2) is 0 Å². The minimum absolute atomic E-state index is 0.0330. The van der Waals surface area contributed by atoms with Gasteiger partial charge in [-0.1, -0.05) is 29.3 Å². The molecule has 0 unspecified atom stereocenters. The van der Waals surface area contributed by atoms with Gasteiger partial charge >= 0.3 is 5.97 Å². The van der Waals surface area contributed by atoms with Crippen LogP contribution in [0.25, 0.3) is 0 Å². The van der Waals surface area contributed by atoms with Crippen LogP contribution in [0.2, 0.25) is 0 Å². The molecular formula is C20H18N2O6S. The van der Waals surface area contributed by atoms with Crippen molar-refractivity contribution in [2.45, 2.75) is 19.3 Å². The lowest BCUT2D eigenvalue weighted by Gasteiger charge is -2.17. The van der Waals surface area contributed by atoms with Gasteiger partial charge in [0.05, 0.1) is 29.0 Å². The van der Waals surface area contributed by atoms with Crippen molar-refractivity contribution in [2.24, 2.45) is 0 Å². The first-order chi connectivity index (χ1) is 13.9. The number of carbonyl (C=O) groups is 3. The number of fused-ring (bicyclic) bond motifs is 1. The zero-order valence-corrected chi connectivity index (χ0v) is 16.2. The minimum Gasteiger partial charge on any atom is -0.330 e. The molecule has 2 aliphatic rings. The molecule has 0 radical (unpaired) electrons. The molecule has 29 heavy (non-hydrogen) atoms. The van der Waals surface area contributed by atoms with E-state index in [1.807, 2.05) is 0 Å². The topological polar surface area (TPSA) is 101 Å². The molecule has 1 fully saturated rings. The fourth-order valence-corrected chi connectivity index (χ4v) is 4.97. The van der Waals surface area contributed by atoms with Crippen LogP contribution < -0.4 is 4.31 Å². The molecule has 2 aromatic carbocycles. The molecule has 0 saturated carbocycles. The van der Waals surface area contributed by atoms with Crippen molar-refractivity contribution in [3.8, 4) is 0 Å². The third-order valence-corrected chi connectivity index (χ3v) is 6.76. The van der Waals surface area contributed by atoms with Crippen molar-refractivity contribution < 1.29 is 27.6 Å². The summed E-state index contributed by atoms with van der Waals surface area (Å²) in [5.74, 6) is -1.87. The number of hydrogen-bond acceptors (Lipinski definition) is 6. The van der Waals surface area contributed by atoms with Gasteiger partial charge in [0, 0.05) is 6.54 Å². The third kappa shape index (κ3) is 3.61. The van der Waals surface area contributed by atoms with Crippen LogP contribution in [0.4, 0.5) is 5.69 Å². The summed E-state index contributed by atoms with van der Waals surface area (Å²) >= 11 is 0. The molecule has 1 saturated heterocycles. The van der Waals surface area contributed by atoms with Gasteiger partial charge < -0.3 is 4.84 Å². The Morgan fingerprint density at radius 3 is 2.14 bits per heavy atom. The molecule has 0 aromatic heterocycles. The first-order valence-corrected chi connectivity index (χ1v) is 10.8. The van der Waals surface area contributed by atoms with Crippen LogP contribution in [-0.4, -0.2) is 43.6 Å². The van der Waals surface area contributed by atoms with E-state index in [2.05, 4.69) is 0 Å². The number of hydrogen-bond donors (Lipinski definition) is 0. The van der Waals surface area contributed by atoms with Crippen LogP contribution in [0.5, 0.6) is 0 Å².